The lowest BCUT2D eigenvalue weighted by molar-refractivity contribution is 0.389. The molecular formula is C18H19FN6O2S. The summed E-state index contributed by atoms with van der Waals surface area (Å²) in [4.78, 5) is 12.4. The summed E-state index contributed by atoms with van der Waals surface area (Å²) < 4.78 is 42.6. The summed E-state index contributed by atoms with van der Waals surface area (Å²) in [5.74, 6) is -0.301. The fraction of sp³-hybridized carbons (Fsp3) is 0.278. The van der Waals surface area contributed by atoms with Crippen molar-refractivity contribution in [2.75, 3.05) is 12.3 Å². The second-order valence-corrected chi connectivity index (χ2v) is 8.52. The Labute approximate surface area is 161 Å². The molecule has 3 aromatic rings. The molecule has 146 valence electrons. The van der Waals surface area contributed by atoms with Gasteiger partial charge in [0.05, 0.1) is 18.1 Å². The van der Waals surface area contributed by atoms with Crippen molar-refractivity contribution in [3.8, 4) is 11.1 Å². The van der Waals surface area contributed by atoms with Crippen LogP contribution >= 0.6 is 0 Å². The number of benzene rings is 1. The Morgan fingerprint density at radius 3 is 2.64 bits per heavy atom. The maximum absolute atomic E-state index is 13.3. The Kier molecular flexibility index (Phi) is 4.60. The van der Waals surface area contributed by atoms with Crippen molar-refractivity contribution in [3.05, 3.63) is 54.5 Å². The van der Waals surface area contributed by atoms with E-state index in [2.05, 4.69) is 15.0 Å². The van der Waals surface area contributed by atoms with E-state index in [0.29, 0.717) is 36.2 Å². The molecule has 1 aromatic carbocycles. The number of imidazole rings is 1. The topological polar surface area (TPSA) is 107 Å². The number of aryl methyl sites for hydroxylation is 1. The second-order valence-electron chi connectivity index (χ2n) is 6.69. The van der Waals surface area contributed by atoms with Crippen LogP contribution in [0.3, 0.4) is 0 Å². The average molecular weight is 402 g/mol. The summed E-state index contributed by atoms with van der Waals surface area (Å²) in [6, 6.07) is 5.40. The third-order valence-electron chi connectivity index (χ3n) is 4.77. The van der Waals surface area contributed by atoms with Gasteiger partial charge in [-0.25, -0.2) is 27.8 Å². The summed E-state index contributed by atoms with van der Waals surface area (Å²) in [7, 11) is -2.08. The monoisotopic (exact) mass is 402 g/mol. The van der Waals surface area contributed by atoms with E-state index >= 15 is 0 Å². The summed E-state index contributed by atoms with van der Waals surface area (Å²) >= 11 is 0. The zero-order chi connectivity index (χ0) is 19.9. The fourth-order valence-corrected chi connectivity index (χ4v) is 5.09. The molecule has 0 amide bonds. The SMILES string of the molecule is Cn1cnc(S(=O)(=O)N2CCCC2c2nc(N)ncc2-c2ccc(F)cc2)c1. The molecule has 3 heterocycles. The zero-order valence-electron chi connectivity index (χ0n) is 15.2. The van der Waals surface area contributed by atoms with Crippen LogP contribution in [0.25, 0.3) is 11.1 Å². The first-order valence-corrected chi connectivity index (χ1v) is 10.2. The summed E-state index contributed by atoms with van der Waals surface area (Å²) in [5, 5.41) is -0.00717. The minimum absolute atomic E-state index is 0.00717. The maximum Gasteiger partial charge on any atom is 0.262 e. The van der Waals surface area contributed by atoms with Gasteiger partial charge >= 0.3 is 0 Å². The standard InChI is InChI=1S/C18H19FN6O2S/c1-24-10-16(22-11-24)28(26,27)25-8-2-3-15(25)17-14(9-21-18(20)23-17)12-4-6-13(19)7-5-12/h4-7,9-11,15H,2-3,8H2,1H3,(H2,20,21,23). The van der Waals surface area contributed by atoms with Crippen molar-refractivity contribution in [1.29, 1.82) is 0 Å². The third-order valence-corrected chi connectivity index (χ3v) is 6.56. The number of aromatic nitrogens is 4. The van der Waals surface area contributed by atoms with Crippen LogP contribution in [0.15, 0.2) is 48.0 Å². The normalized spacial score (nSPS) is 17.9. The predicted octanol–water partition coefficient (Wildman–Crippen LogP) is 2.12. The van der Waals surface area contributed by atoms with E-state index in [-0.39, 0.29) is 16.8 Å². The Bertz CT molecular complexity index is 1110. The number of hydrogen-bond donors (Lipinski definition) is 1. The highest BCUT2D eigenvalue weighted by Crippen LogP contribution is 2.39. The smallest absolute Gasteiger partial charge is 0.262 e. The lowest BCUT2D eigenvalue weighted by Crippen LogP contribution is -2.31. The van der Waals surface area contributed by atoms with E-state index in [1.807, 2.05) is 0 Å². The van der Waals surface area contributed by atoms with Crippen molar-refractivity contribution < 1.29 is 12.8 Å². The van der Waals surface area contributed by atoms with Crippen LogP contribution in [-0.2, 0) is 17.1 Å². The molecule has 1 aliphatic rings. The molecule has 2 N–H and O–H groups in total. The molecule has 0 spiro atoms. The van der Waals surface area contributed by atoms with E-state index in [4.69, 9.17) is 5.73 Å². The largest absolute Gasteiger partial charge is 0.368 e. The van der Waals surface area contributed by atoms with Crippen molar-refractivity contribution in [3.63, 3.8) is 0 Å². The number of rotatable bonds is 4. The zero-order valence-corrected chi connectivity index (χ0v) is 16.0. The molecule has 0 radical (unpaired) electrons. The number of anilines is 1. The maximum atomic E-state index is 13.3. The van der Waals surface area contributed by atoms with Crippen LogP contribution in [0.4, 0.5) is 10.3 Å². The van der Waals surface area contributed by atoms with Gasteiger partial charge in [-0.3, -0.25) is 0 Å². The third kappa shape index (κ3) is 3.25. The second kappa shape index (κ2) is 6.95. The molecule has 1 atom stereocenters. The first-order chi connectivity index (χ1) is 13.4. The minimum Gasteiger partial charge on any atom is -0.368 e. The van der Waals surface area contributed by atoms with Crippen LogP contribution in [0.1, 0.15) is 24.6 Å². The molecule has 1 fully saturated rings. The van der Waals surface area contributed by atoms with Gasteiger partial charge in [-0.2, -0.15) is 4.31 Å². The van der Waals surface area contributed by atoms with Crippen LogP contribution in [0, 0.1) is 5.82 Å². The lowest BCUT2D eigenvalue weighted by atomic mass is 10.0. The van der Waals surface area contributed by atoms with Crippen molar-refractivity contribution in [1.82, 2.24) is 23.8 Å². The lowest BCUT2D eigenvalue weighted by Gasteiger charge is -2.24. The Balaban J connectivity index is 1.80. The highest BCUT2D eigenvalue weighted by atomic mass is 32.2. The van der Waals surface area contributed by atoms with E-state index in [1.54, 1.807) is 29.9 Å². The number of nitrogen functional groups attached to an aromatic ring is 1. The van der Waals surface area contributed by atoms with E-state index in [9.17, 15) is 12.8 Å². The Hall–Kier alpha value is -2.85. The van der Waals surface area contributed by atoms with Gasteiger partial charge in [0.2, 0.25) is 5.95 Å². The Morgan fingerprint density at radius 2 is 1.96 bits per heavy atom. The van der Waals surface area contributed by atoms with Gasteiger partial charge in [-0.1, -0.05) is 12.1 Å². The molecule has 10 heteroatoms. The number of nitrogens with zero attached hydrogens (tertiary/aromatic N) is 5. The van der Waals surface area contributed by atoms with E-state index in [0.717, 1.165) is 0 Å². The molecular weight excluding hydrogens is 383 g/mol. The van der Waals surface area contributed by atoms with Crippen molar-refractivity contribution in [2.45, 2.75) is 23.9 Å². The van der Waals surface area contributed by atoms with Gasteiger partial charge in [-0.15, -0.1) is 0 Å². The molecule has 0 aliphatic carbocycles. The minimum atomic E-state index is -3.79. The van der Waals surface area contributed by atoms with Gasteiger partial charge in [0.25, 0.3) is 10.0 Å². The van der Waals surface area contributed by atoms with Crippen LogP contribution in [-0.4, -0.2) is 38.8 Å². The summed E-state index contributed by atoms with van der Waals surface area (Å²) in [6.07, 6.45) is 5.75. The van der Waals surface area contributed by atoms with Crippen molar-refractivity contribution >= 4 is 16.0 Å². The van der Waals surface area contributed by atoms with Crippen LogP contribution < -0.4 is 5.73 Å². The molecule has 1 aliphatic heterocycles. The summed E-state index contributed by atoms with van der Waals surface area (Å²) in [6.45, 7) is 0.357. The highest BCUT2D eigenvalue weighted by Gasteiger charge is 2.39. The average Bonchev–Trinajstić information content (AvgIpc) is 3.32. The van der Waals surface area contributed by atoms with Crippen LogP contribution in [0.5, 0.6) is 0 Å². The van der Waals surface area contributed by atoms with Gasteiger partial charge in [0, 0.05) is 31.5 Å². The molecule has 0 saturated carbocycles. The first-order valence-electron chi connectivity index (χ1n) is 8.74. The highest BCUT2D eigenvalue weighted by molar-refractivity contribution is 7.89. The van der Waals surface area contributed by atoms with E-state index in [1.165, 1.54) is 29.0 Å². The first kappa shape index (κ1) is 18.5. The quantitative estimate of drug-likeness (QED) is 0.716. The number of hydrogen-bond acceptors (Lipinski definition) is 6. The van der Waals surface area contributed by atoms with Gasteiger partial charge < -0.3 is 10.3 Å². The number of sulfonamides is 1. The molecule has 2 aromatic heterocycles. The fourth-order valence-electron chi connectivity index (χ4n) is 3.46. The molecule has 1 unspecified atom stereocenters. The number of nitrogens with two attached hydrogens (primary N) is 1. The van der Waals surface area contributed by atoms with E-state index < -0.39 is 16.1 Å². The molecule has 1 saturated heterocycles. The van der Waals surface area contributed by atoms with Crippen molar-refractivity contribution in [2.24, 2.45) is 7.05 Å². The van der Waals surface area contributed by atoms with Gasteiger partial charge in [0.15, 0.2) is 5.03 Å². The van der Waals surface area contributed by atoms with Gasteiger partial charge in [0.1, 0.15) is 5.82 Å². The predicted molar refractivity (Wildman–Crippen MR) is 101 cm³/mol. The van der Waals surface area contributed by atoms with Gasteiger partial charge in [-0.05, 0) is 30.5 Å². The molecule has 0 bridgehead atoms. The number of halogens is 1. The molecule has 28 heavy (non-hydrogen) atoms. The van der Waals surface area contributed by atoms with Crippen LogP contribution in [0.2, 0.25) is 0 Å². The molecule has 4 rings (SSSR count). The summed E-state index contributed by atoms with van der Waals surface area (Å²) in [5.41, 5.74) is 7.63. The molecule has 8 nitrogen and oxygen atoms in total. The Morgan fingerprint density at radius 1 is 1.21 bits per heavy atom.